The Balaban J connectivity index is 1.39. The van der Waals surface area contributed by atoms with Crippen molar-refractivity contribution in [3.63, 3.8) is 0 Å². The third-order valence-electron chi connectivity index (χ3n) is 9.22. The summed E-state index contributed by atoms with van der Waals surface area (Å²) < 4.78 is 30.8. The van der Waals surface area contributed by atoms with Crippen LogP contribution in [0.4, 0.5) is 5.82 Å². The summed E-state index contributed by atoms with van der Waals surface area (Å²) in [6.07, 6.45) is 1.40. The molecule has 5 aromatic rings. The number of nitrogens with one attached hydrogen (secondary N) is 1. The molecule has 0 radical (unpaired) electrons. The number of carbonyl (C=O) groups is 2. The molecule has 5 rings (SSSR count). The number of ether oxygens (including phenoxy) is 5. The fourth-order valence-corrected chi connectivity index (χ4v) is 6.17. The zero-order valence-electron chi connectivity index (χ0n) is 32.2. The lowest BCUT2D eigenvalue weighted by Crippen LogP contribution is -2.37. The number of methoxy groups -OCH3 is 2. The van der Waals surface area contributed by atoms with Crippen LogP contribution < -0.4 is 20.5 Å². The van der Waals surface area contributed by atoms with Gasteiger partial charge in [-0.3, -0.25) is 14.2 Å². The Morgan fingerprint density at radius 2 is 1.31 bits per heavy atom. The Morgan fingerprint density at radius 3 is 1.84 bits per heavy atom. The summed E-state index contributed by atoms with van der Waals surface area (Å²) in [7, 11) is 3.24. The van der Waals surface area contributed by atoms with Crippen LogP contribution in [0.1, 0.15) is 66.7 Å². The van der Waals surface area contributed by atoms with E-state index in [0.717, 1.165) is 22.3 Å². The van der Waals surface area contributed by atoms with Gasteiger partial charge in [0.15, 0.2) is 0 Å². The predicted molar refractivity (Wildman–Crippen MR) is 211 cm³/mol. The first-order valence-corrected chi connectivity index (χ1v) is 18.2. The second kappa shape index (κ2) is 18.5. The number of hydrogen-bond donors (Lipinski definition) is 1. The molecule has 0 aliphatic heterocycles. The van der Waals surface area contributed by atoms with Crippen LogP contribution in [0.15, 0.2) is 120 Å². The topological polar surface area (TPSA) is 127 Å². The van der Waals surface area contributed by atoms with Crippen molar-refractivity contribution in [3.05, 3.63) is 154 Å². The normalized spacial score (nSPS) is 12.1. The highest BCUT2D eigenvalue weighted by Crippen LogP contribution is 2.42. The maximum Gasteiger partial charge on any atom is 0.349 e. The largest absolute Gasteiger partial charge is 0.497 e. The molecule has 1 aromatic heterocycles. The summed E-state index contributed by atoms with van der Waals surface area (Å²) in [5.74, 6) is 0.776. The number of anilines is 1. The molecule has 11 nitrogen and oxygen atoms in total. The molecule has 0 aliphatic rings. The van der Waals surface area contributed by atoms with E-state index in [9.17, 15) is 14.4 Å². The predicted octanol–water partition coefficient (Wildman–Crippen LogP) is 7.16. The maximum atomic E-state index is 13.2. The SMILES string of the molecule is COc1ccc(C(OC[C@H](CCn2ccc(NC(=O)c3ccc(C(C)(C)C)cc3)nc2=O)OCCOC(C)=O)(c2ccccc2)c2ccc(OC)cc2)cc1. The van der Waals surface area contributed by atoms with Crippen molar-refractivity contribution in [1.82, 2.24) is 9.55 Å². The molecule has 11 heteroatoms. The van der Waals surface area contributed by atoms with Gasteiger partial charge in [0.05, 0.1) is 33.5 Å². The minimum Gasteiger partial charge on any atom is -0.497 e. The van der Waals surface area contributed by atoms with Crippen LogP contribution >= 0.6 is 0 Å². The number of carbonyl (C=O) groups excluding carboxylic acids is 2. The zero-order chi connectivity index (χ0) is 39.4. The highest BCUT2D eigenvalue weighted by Gasteiger charge is 2.38. The van der Waals surface area contributed by atoms with Crippen LogP contribution in [0, 0.1) is 0 Å². The lowest BCUT2D eigenvalue weighted by molar-refractivity contribution is -0.144. The standard InChI is InChI=1S/C44H49N3O8/c1-31(48)53-28-29-54-39(24-26-47-27-25-40(46-42(47)50)45-41(49)32-12-14-33(15-13-32)43(2,3)4)30-55-44(34-10-8-7-9-11-34,35-16-20-37(51-5)21-17-35)36-18-22-38(52-6)23-19-36/h7-23,25,27,39H,24,26,28-30H2,1-6H3,(H,45,46,49,50)/t39-/m0/s1. The Bertz CT molecular complexity index is 2010. The van der Waals surface area contributed by atoms with Crippen molar-refractivity contribution in [1.29, 1.82) is 0 Å². The van der Waals surface area contributed by atoms with Gasteiger partial charge in [0.1, 0.15) is 29.5 Å². The van der Waals surface area contributed by atoms with E-state index < -0.39 is 23.4 Å². The maximum absolute atomic E-state index is 13.2. The van der Waals surface area contributed by atoms with Gasteiger partial charge in [-0.05, 0) is 76.6 Å². The number of nitrogens with zero attached hydrogens (tertiary/aromatic N) is 2. The zero-order valence-corrected chi connectivity index (χ0v) is 32.2. The number of aromatic nitrogens is 2. The molecule has 0 saturated heterocycles. The monoisotopic (exact) mass is 747 g/mol. The molecule has 0 bridgehead atoms. The Kier molecular flexibility index (Phi) is 13.6. The van der Waals surface area contributed by atoms with Gasteiger partial charge in [-0.25, -0.2) is 4.79 Å². The van der Waals surface area contributed by atoms with Crippen LogP contribution in [-0.4, -0.2) is 61.6 Å². The third-order valence-corrected chi connectivity index (χ3v) is 9.22. The molecular weight excluding hydrogens is 698 g/mol. The molecule has 1 atom stereocenters. The highest BCUT2D eigenvalue weighted by molar-refractivity contribution is 6.03. The molecule has 55 heavy (non-hydrogen) atoms. The number of amides is 1. The number of hydrogen-bond acceptors (Lipinski definition) is 9. The summed E-state index contributed by atoms with van der Waals surface area (Å²) in [6, 6.07) is 34.3. The highest BCUT2D eigenvalue weighted by atomic mass is 16.6. The van der Waals surface area contributed by atoms with Gasteiger partial charge in [0.2, 0.25) is 0 Å². The van der Waals surface area contributed by atoms with E-state index in [1.807, 2.05) is 91.0 Å². The van der Waals surface area contributed by atoms with Crippen LogP contribution in [0.2, 0.25) is 0 Å². The molecule has 0 fully saturated rings. The molecule has 288 valence electrons. The molecule has 1 amide bonds. The van der Waals surface area contributed by atoms with Gasteiger partial charge in [0, 0.05) is 25.2 Å². The van der Waals surface area contributed by atoms with Gasteiger partial charge in [-0.15, -0.1) is 0 Å². The summed E-state index contributed by atoms with van der Waals surface area (Å²) >= 11 is 0. The molecule has 0 saturated carbocycles. The van der Waals surface area contributed by atoms with E-state index in [1.54, 1.807) is 38.6 Å². The minimum absolute atomic E-state index is 0.0440. The van der Waals surface area contributed by atoms with E-state index in [0.29, 0.717) is 23.5 Å². The minimum atomic E-state index is -1.09. The summed E-state index contributed by atoms with van der Waals surface area (Å²) in [5, 5.41) is 2.73. The molecular formula is C44H49N3O8. The molecule has 0 aliphatic carbocycles. The molecule has 1 N–H and O–H groups in total. The van der Waals surface area contributed by atoms with Crippen molar-refractivity contribution >= 4 is 17.7 Å². The first-order valence-electron chi connectivity index (χ1n) is 18.2. The third kappa shape index (κ3) is 10.5. The average Bonchev–Trinajstić information content (AvgIpc) is 3.19. The lowest BCUT2D eigenvalue weighted by Gasteiger charge is -2.37. The van der Waals surface area contributed by atoms with Gasteiger partial charge in [0.25, 0.3) is 5.91 Å². The van der Waals surface area contributed by atoms with Crippen molar-refractivity contribution in [2.24, 2.45) is 0 Å². The fraction of sp³-hybridized carbons (Fsp3) is 0.318. The average molecular weight is 748 g/mol. The van der Waals surface area contributed by atoms with Gasteiger partial charge in [-0.2, -0.15) is 4.98 Å². The molecule has 0 spiro atoms. The van der Waals surface area contributed by atoms with Crippen LogP contribution in [0.5, 0.6) is 11.5 Å². The number of benzene rings is 4. The first-order chi connectivity index (χ1) is 26.4. The summed E-state index contributed by atoms with van der Waals surface area (Å²) in [6.45, 7) is 8.16. The molecule has 4 aromatic carbocycles. The number of aryl methyl sites for hydroxylation is 1. The fourth-order valence-electron chi connectivity index (χ4n) is 6.17. The van der Waals surface area contributed by atoms with Gasteiger partial charge >= 0.3 is 11.7 Å². The lowest BCUT2D eigenvalue weighted by atomic mass is 9.80. The van der Waals surface area contributed by atoms with E-state index in [1.165, 1.54) is 11.5 Å². The van der Waals surface area contributed by atoms with Crippen molar-refractivity contribution in [3.8, 4) is 11.5 Å². The quantitative estimate of drug-likeness (QED) is 0.0599. The second-order valence-corrected chi connectivity index (χ2v) is 14.0. The van der Waals surface area contributed by atoms with Crippen LogP contribution in [0.3, 0.4) is 0 Å². The number of rotatable bonds is 17. The van der Waals surface area contributed by atoms with Crippen LogP contribution in [-0.2, 0) is 36.6 Å². The van der Waals surface area contributed by atoms with E-state index in [2.05, 4.69) is 31.1 Å². The van der Waals surface area contributed by atoms with E-state index >= 15 is 0 Å². The van der Waals surface area contributed by atoms with Gasteiger partial charge in [-0.1, -0.05) is 87.5 Å². The smallest absolute Gasteiger partial charge is 0.349 e. The van der Waals surface area contributed by atoms with Gasteiger partial charge < -0.3 is 29.0 Å². The first kappa shape index (κ1) is 40.4. The van der Waals surface area contributed by atoms with Crippen molar-refractivity contribution in [2.45, 2.75) is 57.8 Å². The molecule has 0 unspecified atom stereocenters. The van der Waals surface area contributed by atoms with Crippen molar-refractivity contribution in [2.75, 3.05) is 39.4 Å². The summed E-state index contributed by atoms with van der Waals surface area (Å²) in [4.78, 5) is 41.7. The van der Waals surface area contributed by atoms with E-state index in [-0.39, 0.29) is 43.5 Å². The second-order valence-electron chi connectivity index (χ2n) is 14.0. The van der Waals surface area contributed by atoms with Crippen LogP contribution in [0.25, 0.3) is 0 Å². The Morgan fingerprint density at radius 1 is 0.745 bits per heavy atom. The van der Waals surface area contributed by atoms with E-state index in [4.69, 9.17) is 23.7 Å². The Hall–Kier alpha value is -5.78. The van der Waals surface area contributed by atoms with Crippen molar-refractivity contribution < 1.29 is 33.3 Å². The summed E-state index contributed by atoms with van der Waals surface area (Å²) in [5.41, 5.74) is 2.49. The number of esters is 1. The molecule has 1 heterocycles. The Labute approximate surface area is 322 Å².